The number of carbonyl (C=O) groups is 4. The van der Waals surface area contributed by atoms with Gasteiger partial charge < -0.3 is 10.0 Å². The summed E-state index contributed by atoms with van der Waals surface area (Å²) in [5, 5.41) is 9.91. The third-order valence-electron chi connectivity index (χ3n) is 3.32. The molecule has 1 atom stereocenters. The lowest BCUT2D eigenvalue weighted by Crippen LogP contribution is -2.41. The van der Waals surface area contributed by atoms with Crippen LogP contribution in [0.5, 0.6) is 0 Å². The van der Waals surface area contributed by atoms with Crippen LogP contribution in [0.15, 0.2) is 0 Å². The van der Waals surface area contributed by atoms with Gasteiger partial charge in [0.15, 0.2) is 0 Å². The van der Waals surface area contributed by atoms with E-state index >= 15 is 0 Å². The fourth-order valence-electron chi connectivity index (χ4n) is 2.19. The van der Waals surface area contributed by atoms with E-state index in [2.05, 4.69) is 5.32 Å². The van der Waals surface area contributed by atoms with E-state index in [1.165, 1.54) is 0 Å². The highest BCUT2D eigenvalue weighted by molar-refractivity contribution is 8.15. The van der Waals surface area contributed by atoms with Crippen LogP contribution in [0.4, 0.5) is 4.79 Å². The summed E-state index contributed by atoms with van der Waals surface area (Å²) in [6.07, 6.45) is 0.855. The molecule has 2 aliphatic heterocycles. The van der Waals surface area contributed by atoms with Gasteiger partial charge in [-0.25, -0.2) is 0 Å². The van der Waals surface area contributed by atoms with Crippen molar-refractivity contribution in [2.75, 3.05) is 13.1 Å². The number of thioether (sulfide) groups is 1. The van der Waals surface area contributed by atoms with Gasteiger partial charge in [-0.3, -0.25) is 24.5 Å². The van der Waals surface area contributed by atoms with Gasteiger partial charge in [-0.05, 0) is 12.8 Å². The molecular weight excluding hydrogens is 272 g/mol. The Kier molecular flexibility index (Phi) is 4.08. The maximum atomic E-state index is 12.0. The van der Waals surface area contributed by atoms with Gasteiger partial charge in [0.25, 0.3) is 5.24 Å². The van der Waals surface area contributed by atoms with E-state index in [9.17, 15) is 19.2 Å². The lowest BCUT2D eigenvalue weighted by Gasteiger charge is -2.30. The maximum Gasteiger partial charge on any atom is 0.306 e. The molecule has 7 nitrogen and oxygen atoms in total. The van der Waals surface area contributed by atoms with Gasteiger partial charge in [0.05, 0.1) is 5.92 Å². The van der Waals surface area contributed by atoms with Gasteiger partial charge in [0.1, 0.15) is 5.25 Å². The second kappa shape index (κ2) is 5.60. The number of nitrogens with one attached hydrogen (secondary N) is 1. The zero-order valence-electron chi connectivity index (χ0n) is 10.1. The first-order chi connectivity index (χ1) is 8.97. The zero-order chi connectivity index (χ0) is 14.0. The van der Waals surface area contributed by atoms with Crippen LogP contribution >= 0.6 is 11.8 Å². The third-order valence-corrected chi connectivity index (χ3v) is 4.31. The molecular formula is C11H14N2O5S. The van der Waals surface area contributed by atoms with Crippen LogP contribution in [-0.4, -0.2) is 51.4 Å². The first kappa shape index (κ1) is 13.9. The van der Waals surface area contributed by atoms with E-state index in [4.69, 9.17) is 5.11 Å². The molecule has 0 aromatic heterocycles. The van der Waals surface area contributed by atoms with E-state index in [1.807, 2.05) is 0 Å². The van der Waals surface area contributed by atoms with Crippen LogP contribution in [0.1, 0.15) is 19.3 Å². The molecule has 2 N–H and O–H groups in total. The smallest absolute Gasteiger partial charge is 0.306 e. The monoisotopic (exact) mass is 286 g/mol. The molecule has 2 aliphatic rings. The number of aliphatic carboxylic acids is 1. The van der Waals surface area contributed by atoms with Gasteiger partial charge in [0.2, 0.25) is 11.8 Å². The second-order valence-corrected chi connectivity index (χ2v) is 5.76. The molecule has 0 radical (unpaired) electrons. The average molecular weight is 286 g/mol. The quantitative estimate of drug-likeness (QED) is 0.760. The van der Waals surface area contributed by atoms with Crippen molar-refractivity contribution >= 4 is 34.8 Å². The van der Waals surface area contributed by atoms with Crippen molar-refractivity contribution in [3.63, 3.8) is 0 Å². The molecule has 8 heteroatoms. The zero-order valence-corrected chi connectivity index (χ0v) is 10.9. The summed E-state index contributed by atoms with van der Waals surface area (Å²) in [6, 6.07) is 0. The molecule has 0 aromatic carbocycles. The van der Waals surface area contributed by atoms with Gasteiger partial charge >= 0.3 is 5.97 Å². The van der Waals surface area contributed by atoms with Crippen LogP contribution in [-0.2, 0) is 14.4 Å². The first-order valence-electron chi connectivity index (χ1n) is 5.99. The molecule has 0 aliphatic carbocycles. The highest BCUT2D eigenvalue weighted by Gasteiger charge is 2.35. The molecule has 0 aromatic rings. The first-order valence-corrected chi connectivity index (χ1v) is 6.87. The summed E-state index contributed by atoms with van der Waals surface area (Å²) >= 11 is 0.830. The number of carbonyl (C=O) groups excluding carboxylic acids is 3. The molecule has 104 valence electrons. The van der Waals surface area contributed by atoms with Crippen molar-refractivity contribution in [2.24, 2.45) is 5.92 Å². The maximum absolute atomic E-state index is 12.0. The molecule has 2 rings (SSSR count). The van der Waals surface area contributed by atoms with E-state index in [-0.39, 0.29) is 12.3 Å². The standard InChI is InChI=1S/C11H14N2O5S/c14-8(5-7-9(15)12-11(18)19-7)13-3-1-6(2-4-13)10(16)17/h6-7H,1-5H2,(H,16,17)(H,12,15,18). The predicted molar refractivity (Wildman–Crippen MR) is 66.5 cm³/mol. The van der Waals surface area contributed by atoms with Crippen LogP contribution in [0.25, 0.3) is 0 Å². The number of hydrogen-bond acceptors (Lipinski definition) is 5. The average Bonchev–Trinajstić information content (AvgIpc) is 2.68. The van der Waals surface area contributed by atoms with E-state index in [0.717, 1.165) is 11.8 Å². The Hall–Kier alpha value is -1.57. The predicted octanol–water partition coefficient (Wildman–Crippen LogP) is 0.0513. The number of carboxylic acid groups (broad SMARTS) is 1. The van der Waals surface area contributed by atoms with E-state index < -0.39 is 28.3 Å². The highest BCUT2D eigenvalue weighted by atomic mass is 32.2. The Bertz CT molecular complexity index is 431. The summed E-state index contributed by atoms with van der Waals surface area (Å²) < 4.78 is 0. The molecule has 19 heavy (non-hydrogen) atoms. The molecule has 0 bridgehead atoms. The van der Waals surface area contributed by atoms with Crippen LogP contribution in [0.3, 0.4) is 0 Å². The van der Waals surface area contributed by atoms with Crippen molar-refractivity contribution in [1.82, 2.24) is 10.2 Å². The number of rotatable bonds is 3. The third kappa shape index (κ3) is 3.25. The summed E-state index contributed by atoms with van der Waals surface area (Å²) in [4.78, 5) is 46.6. The number of amides is 3. The topological polar surface area (TPSA) is 104 Å². The van der Waals surface area contributed by atoms with Crippen molar-refractivity contribution in [1.29, 1.82) is 0 Å². The molecule has 1 unspecified atom stereocenters. The summed E-state index contributed by atoms with van der Waals surface area (Å²) in [5.74, 6) is -1.85. The Labute approximate surface area is 113 Å². The molecule has 0 saturated carbocycles. The van der Waals surface area contributed by atoms with Crippen LogP contribution in [0, 0.1) is 5.92 Å². The van der Waals surface area contributed by atoms with Gasteiger partial charge in [-0.1, -0.05) is 11.8 Å². The number of hydrogen-bond donors (Lipinski definition) is 2. The Balaban J connectivity index is 1.83. The number of likely N-dealkylation sites (tertiary alicyclic amines) is 1. The number of nitrogens with zero attached hydrogens (tertiary/aromatic N) is 1. The lowest BCUT2D eigenvalue weighted by molar-refractivity contribution is -0.145. The molecule has 2 heterocycles. The van der Waals surface area contributed by atoms with Gasteiger partial charge in [-0.15, -0.1) is 0 Å². The minimum absolute atomic E-state index is 0.0139. The summed E-state index contributed by atoms with van der Waals surface area (Å²) in [5.41, 5.74) is 0. The molecule has 2 saturated heterocycles. The number of piperidine rings is 1. The second-order valence-electron chi connectivity index (χ2n) is 4.58. The fraction of sp³-hybridized carbons (Fsp3) is 0.636. The lowest BCUT2D eigenvalue weighted by atomic mass is 9.97. The largest absolute Gasteiger partial charge is 0.481 e. The van der Waals surface area contributed by atoms with Gasteiger partial charge in [-0.2, -0.15) is 0 Å². The number of carboxylic acids is 1. The van der Waals surface area contributed by atoms with Crippen molar-refractivity contribution < 1.29 is 24.3 Å². The van der Waals surface area contributed by atoms with Crippen LogP contribution in [0.2, 0.25) is 0 Å². The minimum Gasteiger partial charge on any atom is -0.481 e. The molecule has 0 spiro atoms. The van der Waals surface area contributed by atoms with Crippen molar-refractivity contribution in [3.05, 3.63) is 0 Å². The molecule has 2 fully saturated rings. The highest BCUT2D eigenvalue weighted by Crippen LogP contribution is 2.24. The molecule has 3 amide bonds. The minimum atomic E-state index is -0.830. The fourth-order valence-corrected chi connectivity index (χ4v) is 3.00. The van der Waals surface area contributed by atoms with E-state index in [1.54, 1.807) is 4.90 Å². The summed E-state index contributed by atoms with van der Waals surface area (Å²) in [7, 11) is 0. The van der Waals surface area contributed by atoms with Crippen molar-refractivity contribution in [2.45, 2.75) is 24.5 Å². The summed E-state index contributed by atoms with van der Waals surface area (Å²) in [6.45, 7) is 0.783. The number of imide groups is 1. The Morgan fingerprint density at radius 2 is 1.95 bits per heavy atom. The SMILES string of the molecule is O=C1NC(=O)C(CC(=O)N2CCC(C(=O)O)CC2)S1. The normalized spacial score (nSPS) is 24.4. The van der Waals surface area contributed by atoms with Crippen molar-refractivity contribution in [3.8, 4) is 0 Å². The Morgan fingerprint density at radius 3 is 2.42 bits per heavy atom. The Morgan fingerprint density at radius 1 is 1.32 bits per heavy atom. The van der Waals surface area contributed by atoms with Gasteiger partial charge in [0, 0.05) is 19.5 Å². The van der Waals surface area contributed by atoms with Crippen LogP contribution < -0.4 is 5.32 Å². The van der Waals surface area contributed by atoms with E-state index in [0.29, 0.717) is 25.9 Å².